The third-order valence-electron chi connectivity index (χ3n) is 1.87. The fourth-order valence-electron chi connectivity index (χ4n) is 1.11. The van der Waals surface area contributed by atoms with Crippen LogP contribution in [0.15, 0.2) is 6.07 Å². The summed E-state index contributed by atoms with van der Waals surface area (Å²) in [5.74, 6) is 1.10. The van der Waals surface area contributed by atoms with Gasteiger partial charge in [0, 0.05) is 24.8 Å². The molecule has 3 heteroatoms. The van der Waals surface area contributed by atoms with E-state index in [1.165, 1.54) is 19.5 Å². The highest BCUT2D eigenvalue weighted by atomic mass is 15.3. The molecule has 0 atom stereocenters. The number of nitrogens with one attached hydrogen (secondary N) is 1. The van der Waals surface area contributed by atoms with E-state index in [-0.39, 0.29) is 0 Å². The van der Waals surface area contributed by atoms with Crippen LogP contribution in [0.2, 0.25) is 0 Å². The van der Waals surface area contributed by atoms with E-state index in [0.29, 0.717) is 0 Å². The molecule has 54 valence electrons. The highest BCUT2D eigenvalue weighted by Crippen LogP contribution is 2.17. The van der Waals surface area contributed by atoms with Crippen LogP contribution in [0.25, 0.3) is 0 Å². The Labute approximate surface area is 60.0 Å². The number of hydrogen-bond donors (Lipinski definition) is 1. The monoisotopic (exact) mass is 137 g/mol. The van der Waals surface area contributed by atoms with E-state index >= 15 is 0 Å². The number of H-pyrrole nitrogens is 1. The van der Waals surface area contributed by atoms with Gasteiger partial charge in [0.05, 0.1) is 0 Å². The van der Waals surface area contributed by atoms with E-state index in [1.807, 2.05) is 6.92 Å². The number of rotatable bonds is 1. The summed E-state index contributed by atoms with van der Waals surface area (Å²) in [6, 6.07) is 2.08. The number of aryl methyl sites for hydroxylation is 1. The summed E-state index contributed by atoms with van der Waals surface area (Å²) in [5, 5.41) is 7.06. The lowest BCUT2D eigenvalue weighted by Crippen LogP contribution is -2.37. The predicted octanol–water partition coefficient (Wildman–Crippen LogP) is 0.928. The van der Waals surface area contributed by atoms with Crippen LogP contribution >= 0.6 is 0 Å². The van der Waals surface area contributed by atoms with Gasteiger partial charge in [-0.1, -0.05) is 0 Å². The van der Waals surface area contributed by atoms with Crippen LogP contribution in [-0.2, 0) is 0 Å². The maximum Gasteiger partial charge on any atom is 0.150 e. The molecule has 0 amide bonds. The van der Waals surface area contributed by atoms with Crippen molar-refractivity contribution < 1.29 is 0 Å². The average molecular weight is 137 g/mol. The SMILES string of the molecule is Cc1cc(N2CCC2)n[nH]1. The molecular weight excluding hydrogens is 126 g/mol. The van der Waals surface area contributed by atoms with Gasteiger partial charge >= 0.3 is 0 Å². The van der Waals surface area contributed by atoms with Gasteiger partial charge in [0.2, 0.25) is 0 Å². The minimum Gasteiger partial charge on any atom is -0.355 e. The molecule has 2 heterocycles. The molecule has 0 aliphatic carbocycles. The second-order valence-corrected chi connectivity index (χ2v) is 2.75. The van der Waals surface area contributed by atoms with Crippen LogP contribution in [-0.4, -0.2) is 23.3 Å². The Hall–Kier alpha value is -0.990. The maximum atomic E-state index is 4.14. The smallest absolute Gasteiger partial charge is 0.150 e. The molecule has 0 unspecified atom stereocenters. The largest absolute Gasteiger partial charge is 0.355 e. The second-order valence-electron chi connectivity index (χ2n) is 2.75. The van der Waals surface area contributed by atoms with Crippen LogP contribution in [0.1, 0.15) is 12.1 Å². The average Bonchev–Trinajstić information content (AvgIpc) is 2.10. The van der Waals surface area contributed by atoms with Gasteiger partial charge in [0.15, 0.2) is 5.82 Å². The van der Waals surface area contributed by atoms with Gasteiger partial charge in [-0.15, -0.1) is 0 Å². The Kier molecular flexibility index (Phi) is 1.16. The predicted molar refractivity (Wildman–Crippen MR) is 40.2 cm³/mol. The Bertz CT molecular complexity index is 225. The molecule has 1 fully saturated rings. The van der Waals surface area contributed by atoms with Crippen molar-refractivity contribution >= 4 is 5.82 Å². The molecule has 1 aromatic rings. The topological polar surface area (TPSA) is 31.9 Å². The third-order valence-corrected chi connectivity index (χ3v) is 1.87. The summed E-state index contributed by atoms with van der Waals surface area (Å²) >= 11 is 0. The van der Waals surface area contributed by atoms with Crippen molar-refractivity contribution in [1.82, 2.24) is 10.2 Å². The fraction of sp³-hybridized carbons (Fsp3) is 0.571. The number of aromatic amines is 1. The van der Waals surface area contributed by atoms with Gasteiger partial charge in [0.1, 0.15) is 0 Å². The third kappa shape index (κ3) is 0.781. The van der Waals surface area contributed by atoms with Crippen molar-refractivity contribution in [2.45, 2.75) is 13.3 Å². The first-order chi connectivity index (χ1) is 4.86. The lowest BCUT2D eigenvalue weighted by molar-refractivity contribution is 0.609. The zero-order valence-corrected chi connectivity index (χ0v) is 6.09. The molecule has 0 spiro atoms. The lowest BCUT2D eigenvalue weighted by atomic mass is 10.2. The molecule has 1 aliphatic rings. The molecular formula is C7H11N3. The van der Waals surface area contributed by atoms with E-state index in [9.17, 15) is 0 Å². The van der Waals surface area contributed by atoms with Gasteiger partial charge in [-0.2, -0.15) is 5.10 Å². The van der Waals surface area contributed by atoms with Crippen molar-refractivity contribution in [3.05, 3.63) is 11.8 Å². The summed E-state index contributed by atoms with van der Waals surface area (Å²) in [5.41, 5.74) is 1.14. The van der Waals surface area contributed by atoms with Crippen LogP contribution in [0, 0.1) is 6.92 Å². The van der Waals surface area contributed by atoms with Crippen molar-refractivity contribution in [3.8, 4) is 0 Å². The quantitative estimate of drug-likeness (QED) is 0.624. The first-order valence-corrected chi connectivity index (χ1v) is 3.63. The van der Waals surface area contributed by atoms with Crippen molar-refractivity contribution in [2.75, 3.05) is 18.0 Å². The van der Waals surface area contributed by atoms with Gasteiger partial charge in [-0.25, -0.2) is 0 Å². The molecule has 3 nitrogen and oxygen atoms in total. The van der Waals surface area contributed by atoms with Crippen LogP contribution in [0.4, 0.5) is 5.82 Å². The number of hydrogen-bond acceptors (Lipinski definition) is 2. The molecule has 1 N–H and O–H groups in total. The number of anilines is 1. The first kappa shape index (κ1) is 5.77. The van der Waals surface area contributed by atoms with E-state index in [4.69, 9.17) is 0 Å². The summed E-state index contributed by atoms with van der Waals surface area (Å²) in [6.07, 6.45) is 1.31. The fourth-order valence-corrected chi connectivity index (χ4v) is 1.11. The number of nitrogens with zero attached hydrogens (tertiary/aromatic N) is 2. The summed E-state index contributed by atoms with van der Waals surface area (Å²) in [7, 11) is 0. The van der Waals surface area contributed by atoms with E-state index < -0.39 is 0 Å². The lowest BCUT2D eigenvalue weighted by Gasteiger charge is -2.30. The van der Waals surface area contributed by atoms with Gasteiger partial charge in [-0.3, -0.25) is 5.10 Å². The Morgan fingerprint density at radius 3 is 2.80 bits per heavy atom. The normalized spacial score (nSPS) is 17.1. The molecule has 0 aromatic carbocycles. The zero-order valence-electron chi connectivity index (χ0n) is 6.09. The second kappa shape index (κ2) is 2.01. The summed E-state index contributed by atoms with van der Waals surface area (Å²) in [6.45, 7) is 4.37. The molecule has 10 heavy (non-hydrogen) atoms. The summed E-state index contributed by atoms with van der Waals surface area (Å²) in [4.78, 5) is 2.27. The van der Waals surface area contributed by atoms with Crippen molar-refractivity contribution in [3.63, 3.8) is 0 Å². The minimum absolute atomic E-state index is 1.10. The molecule has 1 saturated heterocycles. The van der Waals surface area contributed by atoms with Crippen molar-refractivity contribution in [1.29, 1.82) is 0 Å². The van der Waals surface area contributed by atoms with E-state index in [2.05, 4.69) is 21.2 Å². The molecule has 1 aromatic heterocycles. The van der Waals surface area contributed by atoms with Crippen LogP contribution in [0.3, 0.4) is 0 Å². The Morgan fingerprint density at radius 1 is 1.60 bits per heavy atom. The van der Waals surface area contributed by atoms with Crippen molar-refractivity contribution in [2.24, 2.45) is 0 Å². The first-order valence-electron chi connectivity index (χ1n) is 3.63. The van der Waals surface area contributed by atoms with Gasteiger partial charge in [0.25, 0.3) is 0 Å². The molecule has 0 radical (unpaired) electrons. The maximum absolute atomic E-state index is 4.14. The van der Waals surface area contributed by atoms with Crippen LogP contribution < -0.4 is 4.90 Å². The van der Waals surface area contributed by atoms with Crippen LogP contribution in [0.5, 0.6) is 0 Å². The Morgan fingerprint density at radius 2 is 2.40 bits per heavy atom. The molecule has 1 aliphatic heterocycles. The summed E-state index contributed by atoms with van der Waals surface area (Å²) < 4.78 is 0. The highest BCUT2D eigenvalue weighted by Gasteiger charge is 2.15. The molecule has 2 rings (SSSR count). The van der Waals surface area contributed by atoms with E-state index in [1.54, 1.807) is 0 Å². The van der Waals surface area contributed by atoms with Gasteiger partial charge < -0.3 is 4.90 Å². The molecule has 0 bridgehead atoms. The zero-order chi connectivity index (χ0) is 6.97. The Balaban J connectivity index is 2.17. The standard InChI is InChI=1S/C7H11N3/c1-6-5-7(9-8-6)10-3-2-4-10/h5H,2-4H2,1H3,(H,8,9). The number of aromatic nitrogens is 2. The highest BCUT2D eigenvalue weighted by molar-refractivity contribution is 5.41. The van der Waals surface area contributed by atoms with Gasteiger partial charge in [-0.05, 0) is 13.3 Å². The minimum atomic E-state index is 1.10. The van der Waals surface area contributed by atoms with E-state index in [0.717, 1.165) is 11.5 Å². The molecule has 0 saturated carbocycles.